The fraction of sp³-hybridized carbons (Fsp3) is 0.312. The third-order valence-corrected chi connectivity index (χ3v) is 4.80. The summed E-state index contributed by atoms with van der Waals surface area (Å²) in [5.41, 5.74) is 7.11. The maximum absolute atomic E-state index is 13.5. The molecule has 3 rings (SSSR count). The Kier molecular flexibility index (Phi) is 6.93. The van der Waals surface area contributed by atoms with Crippen LogP contribution >= 0.6 is 35.3 Å². The molecular weight excluding hydrogens is 445 g/mol. The zero-order valence-electron chi connectivity index (χ0n) is 13.0. The molecule has 4 nitrogen and oxygen atoms in total. The summed E-state index contributed by atoms with van der Waals surface area (Å²) in [5, 5.41) is 4.72. The Hall–Kier alpha value is -1.26. The van der Waals surface area contributed by atoms with Gasteiger partial charge in [-0.2, -0.15) is 0 Å². The second kappa shape index (κ2) is 8.72. The van der Waals surface area contributed by atoms with E-state index in [1.54, 1.807) is 0 Å². The normalized spacial score (nSPS) is 14.8. The van der Waals surface area contributed by atoms with E-state index in [1.165, 1.54) is 10.4 Å². The fourth-order valence-corrected chi connectivity index (χ4v) is 3.47. The third kappa shape index (κ3) is 4.87. The molecule has 24 heavy (non-hydrogen) atoms. The van der Waals surface area contributed by atoms with Crippen molar-refractivity contribution < 1.29 is 8.78 Å². The van der Waals surface area contributed by atoms with Gasteiger partial charge in [0.15, 0.2) is 5.96 Å². The van der Waals surface area contributed by atoms with Crippen LogP contribution in [0, 0.1) is 11.6 Å². The van der Waals surface area contributed by atoms with E-state index >= 15 is 0 Å². The van der Waals surface area contributed by atoms with Gasteiger partial charge in [0, 0.05) is 30.6 Å². The average molecular weight is 464 g/mol. The number of hydrogen-bond donors (Lipinski definition) is 2. The van der Waals surface area contributed by atoms with Crippen LogP contribution in [-0.2, 0) is 13.0 Å². The standard InChI is InChI=1S/C16H18F2N4S.HI/c17-12-1-2-13(18)14(9-12)21-16(19)20-5-7-22-6-3-15-11(10-22)4-8-23-15;/h1-2,4,8-9H,3,5-7,10H2,(H3,19,20,21);1H. The van der Waals surface area contributed by atoms with Crippen molar-refractivity contribution in [1.82, 2.24) is 4.90 Å². The number of rotatable bonds is 4. The highest BCUT2D eigenvalue weighted by Crippen LogP contribution is 2.23. The van der Waals surface area contributed by atoms with E-state index in [9.17, 15) is 8.78 Å². The van der Waals surface area contributed by atoms with Gasteiger partial charge >= 0.3 is 0 Å². The quantitative estimate of drug-likeness (QED) is 0.414. The van der Waals surface area contributed by atoms with E-state index < -0.39 is 11.6 Å². The average Bonchev–Trinajstić information content (AvgIpc) is 2.98. The Labute approximate surface area is 160 Å². The van der Waals surface area contributed by atoms with E-state index in [4.69, 9.17) is 5.73 Å². The Balaban J connectivity index is 0.00000208. The molecular formula is C16H19F2IN4S. The SMILES string of the molecule is I.NC(=NCCN1CCc2sccc2C1)Nc1cc(F)ccc1F. The topological polar surface area (TPSA) is 53.6 Å². The van der Waals surface area contributed by atoms with Gasteiger partial charge in [-0.05, 0) is 35.6 Å². The van der Waals surface area contributed by atoms with Crippen LogP contribution in [-0.4, -0.2) is 30.5 Å². The number of hydrogen-bond acceptors (Lipinski definition) is 3. The van der Waals surface area contributed by atoms with E-state index in [0.717, 1.165) is 44.3 Å². The van der Waals surface area contributed by atoms with Crippen molar-refractivity contribution in [2.24, 2.45) is 10.7 Å². The molecule has 130 valence electrons. The first-order valence-corrected chi connectivity index (χ1v) is 8.29. The largest absolute Gasteiger partial charge is 0.370 e. The van der Waals surface area contributed by atoms with Gasteiger partial charge in [-0.3, -0.25) is 9.89 Å². The van der Waals surface area contributed by atoms with E-state index in [0.29, 0.717) is 6.54 Å². The number of halogens is 3. The van der Waals surface area contributed by atoms with Crippen molar-refractivity contribution >= 4 is 47.0 Å². The first-order valence-electron chi connectivity index (χ1n) is 7.41. The molecule has 1 aromatic carbocycles. The maximum Gasteiger partial charge on any atom is 0.193 e. The van der Waals surface area contributed by atoms with Gasteiger partial charge in [-0.25, -0.2) is 8.78 Å². The Morgan fingerprint density at radius 1 is 1.33 bits per heavy atom. The maximum atomic E-state index is 13.5. The summed E-state index contributed by atoms with van der Waals surface area (Å²) in [6, 6.07) is 5.33. The molecule has 1 aliphatic rings. The predicted octanol–water partition coefficient (Wildman–Crippen LogP) is 3.43. The zero-order chi connectivity index (χ0) is 16.2. The lowest BCUT2D eigenvalue weighted by atomic mass is 10.1. The zero-order valence-corrected chi connectivity index (χ0v) is 16.1. The second-order valence-electron chi connectivity index (χ2n) is 5.41. The molecule has 2 aromatic rings. The molecule has 0 saturated carbocycles. The summed E-state index contributed by atoms with van der Waals surface area (Å²) in [7, 11) is 0. The number of nitrogens with zero attached hydrogens (tertiary/aromatic N) is 2. The molecule has 0 saturated heterocycles. The van der Waals surface area contributed by atoms with Crippen molar-refractivity contribution in [2.75, 3.05) is 25.0 Å². The summed E-state index contributed by atoms with van der Waals surface area (Å²) >= 11 is 1.81. The van der Waals surface area contributed by atoms with Crippen LogP contribution in [0.1, 0.15) is 10.4 Å². The van der Waals surface area contributed by atoms with Gasteiger partial charge in [0.05, 0.1) is 12.2 Å². The third-order valence-electron chi connectivity index (χ3n) is 3.78. The molecule has 2 heterocycles. The molecule has 0 fully saturated rings. The van der Waals surface area contributed by atoms with Crippen molar-refractivity contribution in [3.8, 4) is 0 Å². The number of guanidine groups is 1. The van der Waals surface area contributed by atoms with Gasteiger partial charge < -0.3 is 11.1 Å². The van der Waals surface area contributed by atoms with E-state index in [2.05, 4.69) is 26.7 Å². The van der Waals surface area contributed by atoms with Crippen LogP contribution in [0.3, 0.4) is 0 Å². The first kappa shape index (κ1) is 19.1. The van der Waals surface area contributed by atoms with Crippen LogP contribution in [0.2, 0.25) is 0 Å². The van der Waals surface area contributed by atoms with Crippen LogP contribution in [0.25, 0.3) is 0 Å². The van der Waals surface area contributed by atoms with Crippen molar-refractivity contribution in [3.05, 3.63) is 51.7 Å². The minimum atomic E-state index is -0.564. The second-order valence-corrected chi connectivity index (χ2v) is 6.41. The van der Waals surface area contributed by atoms with Crippen LogP contribution in [0.4, 0.5) is 14.5 Å². The van der Waals surface area contributed by atoms with Crippen LogP contribution in [0.15, 0.2) is 34.6 Å². The van der Waals surface area contributed by atoms with Crippen molar-refractivity contribution in [2.45, 2.75) is 13.0 Å². The lowest BCUT2D eigenvalue weighted by molar-refractivity contribution is 0.264. The van der Waals surface area contributed by atoms with E-state index in [-0.39, 0.29) is 35.6 Å². The van der Waals surface area contributed by atoms with Crippen LogP contribution < -0.4 is 11.1 Å². The highest BCUT2D eigenvalue weighted by Gasteiger charge is 2.16. The Morgan fingerprint density at radius 3 is 3.00 bits per heavy atom. The van der Waals surface area contributed by atoms with Gasteiger partial charge in [-0.15, -0.1) is 35.3 Å². The Bertz CT molecular complexity index is 720. The molecule has 1 aromatic heterocycles. The molecule has 0 radical (unpaired) electrons. The summed E-state index contributed by atoms with van der Waals surface area (Å²) in [5.74, 6) is -1.00. The van der Waals surface area contributed by atoms with Gasteiger partial charge in [0.1, 0.15) is 11.6 Å². The first-order chi connectivity index (χ1) is 11.1. The number of nitrogens with one attached hydrogen (secondary N) is 1. The highest BCUT2D eigenvalue weighted by molar-refractivity contribution is 14.0. The van der Waals surface area contributed by atoms with Gasteiger partial charge in [0.2, 0.25) is 0 Å². The molecule has 3 N–H and O–H groups in total. The van der Waals surface area contributed by atoms with Crippen LogP contribution in [0.5, 0.6) is 0 Å². The molecule has 0 unspecified atom stereocenters. The lowest BCUT2D eigenvalue weighted by Crippen LogP contribution is -2.32. The molecule has 0 aliphatic carbocycles. The van der Waals surface area contributed by atoms with Crippen molar-refractivity contribution in [1.29, 1.82) is 0 Å². The smallest absolute Gasteiger partial charge is 0.193 e. The van der Waals surface area contributed by atoms with Gasteiger partial charge in [0.25, 0.3) is 0 Å². The molecule has 8 heteroatoms. The van der Waals surface area contributed by atoms with Crippen molar-refractivity contribution in [3.63, 3.8) is 0 Å². The number of aliphatic imine (C=N–C) groups is 1. The number of benzene rings is 1. The summed E-state index contributed by atoms with van der Waals surface area (Å²) in [4.78, 5) is 7.96. The summed E-state index contributed by atoms with van der Waals surface area (Å²) < 4.78 is 26.6. The minimum absolute atomic E-state index is 0. The predicted molar refractivity (Wildman–Crippen MR) is 105 cm³/mol. The molecule has 0 atom stereocenters. The molecule has 0 bridgehead atoms. The molecule has 0 spiro atoms. The number of fused-ring (bicyclic) bond motifs is 1. The van der Waals surface area contributed by atoms with Gasteiger partial charge in [-0.1, -0.05) is 0 Å². The number of nitrogens with two attached hydrogens (primary N) is 1. The summed E-state index contributed by atoms with van der Waals surface area (Å²) in [6.07, 6.45) is 1.07. The van der Waals surface area contributed by atoms with E-state index in [1.807, 2.05) is 11.3 Å². The molecule has 1 aliphatic heterocycles. The highest BCUT2D eigenvalue weighted by atomic mass is 127. The summed E-state index contributed by atoms with van der Waals surface area (Å²) in [6.45, 7) is 3.23. The number of anilines is 1. The number of thiophene rings is 1. The lowest BCUT2D eigenvalue weighted by Gasteiger charge is -2.26. The minimum Gasteiger partial charge on any atom is -0.370 e. The Morgan fingerprint density at radius 2 is 2.17 bits per heavy atom. The monoisotopic (exact) mass is 464 g/mol. The fourth-order valence-electron chi connectivity index (χ4n) is 2.58. The molecule has 0 amide bonds.